The van der Waals surface area contributed by atoms with Crippen LogP contribution in [-0.2, 0) is 0 Å². The number of nitrogens with one attached hydrogen (secondary N) is 2. The van der Waals surface area contributed by atoms with Crippen LogP contribution in [0.4, 0.5) is 4.79 Å². The van der Waals surface area contributed by atoms with E-state index >= 15 is 0 Å². The van der Waals surface area contributed by atoms with Crippen molar-refractivity contribution in [2.75, 3.05) is 19.6 Å². The molecule has 0 aromatic heterocycles. The van der Waals surface area contributed by atoms with Crippen LogP contribution in [0.1, 0.15) is 27.2 Å². The van der Waals surface area contributed by atoms with Gasteiger partial charge in [-0.2, -0.15) is 0 Å². The van der Waals surface area contributed by atoms with Gasteiger partial charge in [0.15, 0.2) is 0 Å². The molecule has 15 heavy (non-hydrogen) atoms. The molecule has 0 saturated carbocycles. The molecular formula is C10H22N4O. The lowest BCUT2D eigenvalue weighted by molar-refractivity contribution is 0.193. The first kappa shape index (κ1) is 13.7. The predicted molar refractivity (Wildman–Crippen MR) is 62.0 cm³/mol. The molecule has 0 rings (SSSR count). The smallest absolute Gasteiger partial charge is 0.317 e. The summed E-state index contributed by atoms with van der Waals surface area (Å²) in [6, 6.07) is -0.0764. The molecule has 0 aliphatic heterocycles. The van der Waals surface area contributed by atoms with Crippen LogP contribution in [-0.4, -0.2) is 36.4 Å². The van der Waals surface area contributed by atoms with Crippen molar-refractivity contribution in [3.8, 4) is 0 Å². The van der Waals surface area contributed by atoms with Crippen LogP contribution in [0.3, 0.4) is 0 Å². The van der Waals surface area contributed by atoms with Crippen molar-refractivity contribution in [3.63, 3.8) is 0 Å². The van der Waals surface area contributed by atoms with Gasteiger partial charge in [-0.3, -0.25) is 5.41 Å². The number of urea groups is 1. The molecule has 5 nitrogen and oxygen atoms in total. The lowest BCUT2D eigenvalue weighted by Crippen LogP contribution is -2.43. The van der Waals surface area contributed by atoms with Crippen LogP contribution in [0.2, 0.25) is 0 Å². The molecule has 0 fully saturated rings. The van der Waals surface area contributed by atoms with Gasteiger partial charge in [0.2, 0.25) is 0 Å². The fourth-order valence-electron chi connectivity index (χ4n) is 1.23. The lowest BCUT2D eigenvalue weighted by Gasteiger charge is -2.24. The highest BCUT2D eigenvalue weighted by Crippen LogP contribution is 2.00. The number of rotatable bonds is 6. The van der Waals surface area contributed by atoms with Crippen LogP contribution in [0.15, 0.2) is 0 Å². The van der Waals surface area contributed by atoms with Gasteiger partial charge in [0.25, 0.3) is 0 Å². The number of hydrogen-bond acceptors (Lipinski definition) is 2. The van der Waals surface area contributed by atoms with E-state index in [9.17, 15) is 4.79 Å². The van der Waals surface area contributed by atoms with Gasteiger partial charge in [-0.25, -0.2) is 4.79 Å². The Hall–Kier alpha value is -1.26. The van der Waals surface area contributed by atoms with Gasteiger partial charge in [0.05, 0.1) is 5.84 Å². The zero-order valence-electron chi connectivity index (χ0n) is 9.84. The van der Waals surface area contributed by atoms with E-state index in [2.05, 4.69) is 19.2 Å². The molecule has 0 unspecified atom stereocenters. The van der Waals surface area contributed by atoms with Crippen LogP contribution in [0.5, 0.6) is 0 Å². The van der Waals surface area contributed by atoms with Crippen molar-refractivity contribution in [2.45, 2.75) is 27.2 Å². The third kappa shape index (κ3) is 6.76. The Morgan fingerprint density at radius 1 is 1.53 bits per heavy atom. The highest BCUT2D eigenvalue weighted by atomic mass is 16.2. The molecule has 0 bridgehead atoms. The maximum absolute atomic E-state index is 11.6. The fraction of sp³-hybridized carbons (Fsp3) is 0.800. The van der Waals surface area contributed by atoms with Crippen molar-refractivity contribution in [1.29, 1.82) is 5.41 Å². The van der Waals surface area contributed by atoms with E-state index in [4.69, 9.17) is 11.1 Å². The normalized spacial score (nSPS) is 10.1. The molecule has 0 saturated heterocycles. The number of hydrogen-bond donors (Lipinski definition) is 3. The number of nitrogens with zero attached hydrogens (tertiary/aromatic N) is 1. The van der Waals surface area contributed by atoms with E-state index in [1.54, 1.807) is 4.90 Å². The third-order valence-corrected chi connectivity index (χ3v) is 1.85. The average molecular weight is 214 g/mol. The fourth-order valence-corrected chi connectivity index (χ4v) is 1.23. The summed E-state index contributed by atoms with van der Waals surface area (Å²) >= 11 is 0. The summed E-state index contributed by atoms with van der Waals surface area (Å²) < 4.78 is 0. The number of amidine groups is 1. The van der Waals surface area contributed by atoms with Crippen molar-refractivity contribution in [1.82, 2.24) is 10.2 Å². The Morgan fingerprint density at radius 2 is 2.13 bits per heavy atom. The Morgan fingerprint density at radius 3 is 2.53 bits per heavy atom. The lowest BCUT2D eigenvalue weighted by atomic mass is 10.2. The monoisotopic (exact) mass is 214 g/mol. The predicted octanol–water partition coefficient (Wildman–Crippen LogP) is 1.000. The van der Waals surface area contributed by atoms with Gasteiger partial charge < -0.3 is 16.0 Å². The number of nitrogens with two attached hydrogens (primary N) is 1. The van der Waals surface area contributed by atoms with E-state index in [1.165, 1.54) is 0 Å². The number of carbonyl (C=O) groups is 1. The molecule has 0 aliphatic carbocycles. The summed E-state index contributed by atoms with van der Waals surface area (Å²) in [5.74, 6) is 0.535. The van der Waals surface area contributed by atoms with E-state index in [0.717, 1.165) is 0 Å². The Balaban J connectivity index is 4.16. The molecule has 5 heteroatoms. The van der Waals surface area contributed by atoms with Gasteiger partial charge in [-0.15, -0.1) is 0 Å². The van der Waals surface area contributed by atoms with Crippen LogP contribution in [0, 0.1) is 11.3 Å². The first-order valence-corrected chi connectivity index (χ1v) is 5.33. The van der Waals surface area contributed by atoms with Gasteiger partial charge in [0.1, 0.15) is 0 Å². The molecule has 0 radical (unpaired) electrons. The standard InChI is InChI=1S/C10H22N4O/c1-4-13-10(15)14(7-8(2)3)6-5-9(11)12/h8H,4-7H2,1-3H3,(H3,11,12)(H,13,15). The second-order valence-corrected chi connectivity index (χ2v) is 3.95. The maximum Gasteiger partial charge on any atom is 0.317 e. The topological polar surface area (TPSA) is 82.2 Å². The number of carbonyl (C=O) groups excluding carboxylic acids is 1. The van der Waals surface area contributed by atoms with E-state index < -0.39 is 0 Å². The summed E-state index contributed by atoms with van der Waals surface area (Å²) in [6.45, 7) is 7.82. The zero-order chi connectivity index (χ0) is 11.8. The molecule has 4 N–H and O–H groups in total. The minimum absolute atomic E-state index is 0.0764. The largest absolute Gasteiger partial charge is 0.388 e. The van der Waals surface area contributed by atoms with Gasteiger partial charge in [0, 0.05) is 26.1 Å². The minimum atomic E-state index is -0.0764. The maximum atomic E-state index is 11.6. The first-order chi connectivity index (χ1) is 6.97. The van der Waals surface area contributed by atoms with Crippen molar-refractivity contribution in [2.24, 2.45) is 11.7 Å². The number of amides is 2. The molecule has 0 aromatic rings. The summed E-state index contributed by atoms with van der Waals surface area (Å²) in [5, 5.41) is 9.88. The van der Waals surface area contributed by atoms with Crippen molar-refractivity contribution in [3.05, 3.63) is 0 Å². The minimum Gasteiger partial charge on any atom is -0.388 e. The Labute approximate surface area is 91.5 Å². The summed E-state index contributed by atoms with van der Waals surface area (Å²) in [7, 11) is 0. The molecule has 2 amide bonds. The van der Waals surface area contributed by atoms with E-state index in [-0.39, 0.29) is 11.9 Å². The molecule has 0 spiro atoms. The van der Waals surface area contributed by atoms with E-state index in [1.807, 2.05) is 6.92 Å². The quantitative estimate of drug-likeness (QED) is 0.455. The first-order valence-electron chi connectivity index (χ1n) is 5.33. The van der Waals surface area contributed by atoms with Crippen LogP contribution >= 0.6 is 0 Å². The molecule has 0 aromatic carbocycles. The second kappa shape index (κ2) is 7.09. The summed E-state index contributed by atoms with van der Waals surface area (Å²) in [5.41, 5.74) is 5.27. The molecule has 0 heterocycles. The third-order valence-electron chi connectivity index (χ3n) is 1.85. The average Bonchev–Trinajstić information content (AvgIpc) is 2.11. The highest BCUT2D eigenvalue weighted by molar-refractivity contribution is 5.78. The van der Waals surface area contributed by atoms with Gasteiger partial charge >= 0.3 is 6.03 Å². The highest BCUT2D eigenvalue weighted by Gasteiger charge is 2.13. The summed E-state index contributed by atoms with van der Waals surface area (Å²) in [4.78, 5) is 13.3. The van der Waals surface area contributed by atoms with E-state index in [0.29, 0.717) is 32.0 Å². The van der Waals surface area contributed by atoms with Gasteiger partial charge in [-0.1, -0.05) is 13.8 Å². The molecule has 88 valence electrons. The van der Waals surface area contributed by atoms with Crippen LogP contribution in [0.25, 0.3) is 0 Å². The van der Waals surface area contributed by atoms with Crippen molar-refractivity contribution >= 4 is 11.9 Å². The molecular weight excluding hydrogens is 192 g/mol. The Bertz CT molecular complexity index is 215. The van der Waals surface area contributed by atoms with Gasteiger partial charge in [-0.05, 0) is 12.8 Å². The zero-order valence-corrected chi connectivity index (χ0v) is 9.84. The SMILES string of the molecule is CCNC(=O)N(CCC(=N)N)CC(C)C. The summed E-state index contributed by atoms with van der Waals surface area (Å²) in [6.07, 6.45) is 0.434. The Kier molecular flexibility index (Phi) is 6.49. The molecule has 0 aliphatic rings. The van der Waals surface area contributed by atoms with Crippen LogP contribution < -0.4 is 11.1 Å². The second-order valence-electron chi connectivity index (χ2n) is 3.95. The molecule has 0 atom stereocenters. The van der Waals surface area contributed by atoms with Crippen molar-refractivity contribution < 1.29 is 4.79 Å².